The lowest BCUT2D eigenvalue weighted by molar-refractivity contribution is 0.0164. The lowest BCUT2D eigenvalue weighted by Gasteiger charge is -2.39. The van der Waals surface area contributed by atoms with Gasteiger partial charge in [0.25, 0.3) is 0 Å². The summed E-state index contributed by atoms with van der Waals surface area (Å²) in [5.41, 5.74) is 1.24. The van der Waals surface area contributed by atoms with Crippen LogP contribution in [0.2, 0.25) is 5.02 Å². The zero-order chi connectivity index (χ0) is 21.6. The van der Waals surface area contributed by atoms with Crippen molar-refractivity contribution in [3.8, 4) is 11.5 Å². The van der Waals surface area contributed by atoms with E-state index < -0.39 is 0 Å². The second kappa shape index (κ2) is 11.1. The average molecular weight is 542 g/mol. The van der Waals surface area contributed by atoms with Crippen molar-refractivity contribution < 1.29 is 9.47 Å². The predicted molar refractivity (Wildman–Crippen MR) is 134 cm³/mol. The van der Waals surface area contributed by atoms with Crippen LogP contribution in [0.3, 0.4) is 0 Å². The number of likely N-dealkylation sites (tertiary alicyclic amines) is 1. The molecule has 0 saturated carbocycles. The minimum absolute atomic E-state index is 0.0891. The molecule has 0 unspecified atom stereocenters. The molecule has 1 saturated heterocycles. The van der Waals surface area contributed by atoms with Gasteiger partial charge in [0.1, 0.15) is 17.1 Å². The van der Waals surface area contributed by atoms with Crippen LogP contribution < -0.4 is 9.47 Å². The van der Waals surface area contributed by atoms with E-state index in [4.69, 9.17) is 21.1 Å². The predicted octanol–water partition coefficient (Wildman–Crippen LogP) is 6.99. The maximum atomic E-state index is 6.29. The number of benzene rings is 2. The topological polar surface area (TPSA) is 21.7 Å². The van der Waals surface area contributed by atoms with Crippen LogP contribution >= 0.6 is 34.2 Å². The molecule has 0 aliphatic carbocycles. The quantitative estimate of drug-likeness (QED) is 0.252. The summed E-state index contributed by atoms with van der Waals surface area (Å²) in [7, 11) is 0. The molecular formula is C25H33ClINO2. The first kappa shape index (κ1) is 23.7. The molecule has 2 aromatic rings. The van der Waals surface area contributed by atoms with Crippen LogP contribution in [0.25, 0.3) is 0 Å². The Morgan fingerprint density at radius 3 is 2.43 bits per heavy atom. The molecule has 30 heavy (non-hydrogen) atoms. The first-order valence-electron chi connectivity index (χ1n) is 10.9. The highest BCUT2D eigenvalue weighted by Crippen LogP contribution is 2.29. The molecule has 164 valence electrons. The number of piperidine rings is 1. The lowest BCUT2D eigenvalue weighted by Crippen LogP contribution is -2.46. The summed E-state index contributed by atoms with van der Waals surface area (Å²) in [6, 6.07) is 14.2. The first-order valence-corrected chi connectivity index (χ1v) is 12.4. The number of hydrogen-bond donors (Lipinski definition) is 0. The number of ether oxygens (including phenoxy) is 2. The fourth-order valence-corrected chi connectivity index (χ4v) is 4.58. The monoisotopic (exact) mass is 541 g/mol. The summed E-state index contributed by atoms with van der Waals surface area (Å²) >= 11 is 8.36. The Kier molecular flexibility index (Phi) is 8.72. The molecule has 3 nitrogen and oxygen atoms in total. The van der Waals surface area contributed by atoms with Gasteiger partial charge in [0.05, 0.1) is 6.10 Å². The molecule has 0 amide bonds. The molecule has 3 rings (SSSR count). The average Bonchev–Trinajstić information content (AvgIpc) is 2.70. The molecule has 0 spiro atoms. The third-order valence-corrected chi connectivity index (χ3v) is 6.57. The van der Waals surface area contributed by atoms with E-state index in [1.165, 1.54) is 22.0 Å². The number of rotatable bonds is 9. The van der Waals surface area contributed by atoms with E-state index in [0.717, 1.165) is 55.4 Å². The Hall–Kier alpha value is -0.980. The number of aryl methyl sites for hydroxylation is 1. The van der Waals surface area contributed by atoms with Gasteiger partial charge in [-0.15, -0.1) is 0 Å². The molecule has 0 atom stereocenters. The van der Waals surface area contributed by atoms with Gasteiger partial charge < -0.3 is 14.4 Å². The Balaban J connectivity index is 1.41. The first-order chi connectivity index (χ1) is 14.3. The van der Waals surface area contributed by atoms with E-state index in [2.05, 4.69) is 66.5 Å². The van der Waals surface area contributed by atoms with Crippen molar-refractivity contribution in [1.82, 2.24) is 4.90 Å². The Labute approximate surface area is 200 Å². The molecule has 1 heterocycles. The highest BCUT2D eigenvalue weighted by atomic mass is 127. The summed E-state index contributed by atoms with van der Waals surface area (Å²) in [6.45, 7) is 9.74. The van der Waals surface area contributed by atoms with Crippen molar-refractivity contribution in [1.29, 1.82) is 0 Å². The zero-order valence-corrected chi connectivity index (χ0v) is 21.2. The van der Waals surface area contributed by atoms with E-state index in [0.29, 0.717) is 0 Å². The molecule has 1 fully saturated rings. The maximum Gasteiger partial charge on any atom is 0.122 e. The minimum Gasteiger partial charge on any atom is -0.491 e. The van der Waals surface area contributed by atoms with Gasteiger partial charge in [0.2, 0.25) is 0 Å². The van der Waals surface area contributed by atoms with Crippen LogP contribution in [-0.4, -0.2) is 36.2 Å². The van der Waals surface area contributed by atoms with E-state index >= 15 is 0 Å². The third-order valence-electron chi connectivity index (χ3n) is 5.65. The van der Waals surface area contributed by atoms with Gasteiger partial charge in [0.15, 0.2) is 0 Å². The van der Waals surface area contributed by atoms with E-state index in [-0.39, 0.29) is 11.7 Å². The third kappa shape index (κ3) is 7.31. The summed E-state index contributed by atoms with van der Waals surface area (Å²) in [5.74, 6) is 1.95. The molecule has 1 aliphatic rings. The maximum absolute atomic E-state index is 6.29. The number of hydrogen-bond acceptors (Lipinski definition) is 3. The van der Waals surface area contributed by atoms with E-state index in [1.54, 1.807) is 0 Å². The second-order valence-electron chi connectivity index (χ2n) is 8.72. The summed E-state index contributed by atoms with van der Waals surface area (Å²) < 4.78 is 13.5. The van der Waals surface area contributed by atoms with Crippen molar-refractivity contribution >= 4 is 34.2 Å². The summed E-state index contributed by atoms with van der Waals surface area (Å²) in [5, 5.41) is 0.746. The zero-order valence-electron chi connectivity index (χ0n) is 18.3. The van der Waals surface area contributed by atoms with E-state index in [1.807, 2.05) is 24.3 Å². The SMILES string of the molecule is CC(C)Oc1ccc(I)cc1CCCCN1CCC(C)(Oc2ccc(Cl)cc2)CC1. The van der Waals surface area contributed by atoms with Crippen molar-refractivity contribution in [2.75, 3.05) is 19.6 Å². The van der Waals surface area contributed by atoms with Crippen LogP contribution in [0, 0.1) is 3.57 Å². The van der Waals surface area contributed by atoms with Crippen LogP contribution in [0.5, 0.6) is 11.5 Å². The number of nitrogens with zero attached hydrogens (tertiary/aromatic N) is 1. The minimum atomic E-state index is -0.0891. The highest BCUT2D eigenvalue weighted by Gasteiger charge is 2.31. The van der Waals surface area contributed by atoms with Gasteiger partial charge >= 0.3 is 0 Å². The Bertz CT molecular complexity index is 801. The molecular weight excluding hydrogens is 509 g/mol. The van der Waals surface area contributed by atoms with Crippen molar-refractivity contribution in [2.24, 2.45) is 0 Å². The van der Waals surface area contributed by atoms with E-state index in [9.17, 15) is 0 Å². The van der Waals surface area contributed by atoms with Gasteiger partial charge in [-0.25, -0.2) is 0 Å². The molecule has 1 aliphatic heterocycles. The van der Waals surface area contributed by atoms with Gasteiger partial charge in [-0.2, -0.15) is 0 Å². The van der Waals surface area contributed by atoms with Gasteiger partial charge in [0, 0.05) is 21.7 Å². The molecule has 2 aromatic carbocycles. The Morgan fingerprint density at radius 2 is 1.77 bits per heavy atom. The summed E-state index contributed by atoms with van der Waals surface area (Å²) in [4.78, 5) is 2.58. The van der Waals surface area contributed by atoms with Gasteiger partial charge in [-0.1, -0.05) is 11.6 Å². The molecule has 0 aromatic heterocycles. The fourth-order valence-electron chi connectivity index (χ4n) is 3.90. The molecule has 0 bridgehead atoms. The van der Waals surface area contributed by atoms with Gasteiger partial charge in [-0.05, 0) is 130 Å². The van der Waals surface area contributed by atoms with Crippen LogP contribution in [0.15, 0.2) is 42.5 Å². The molecule has 0 radical (unpaired) electrons. The highest BCUT2D eigenvalue weighted by molar-refractivity contribution is 14.1. The molecule has 5 heteroatoms. The second-order valence-corrected chi connectivity index (χ2v) is 10.4. The number of halogens is 2. The van der Waals surface area contributed by atoms with Crippen LogP contribution in [-0.2, 0) is 6.42 Å². The van der Waals surface area contributed by atoms with Crippen LogP contribution in [0.1, 0.15) is 52.0 Å². The normalized spacial score (nSPS) is 16.6. The largest absolute Gasteiger partial charge is 0.491 e. The smallest absolute Gasteiger partial charge is 0.122 e. The lowest BCUT2D eigenvalue weighted by atomic mass is 9.93. The molecule has 0 N–H and O–H groups in total. The summed E-state index contributed by atoms with van der Waals surface area (Å²) in [6.07, 6.45) is 5.79. The van der Waals surface area contributed by atoms with Crippen LogP contribution in [0.4, 0.5) is 0 Å². The van der Waals surface area contributed by atoms with Crippen molar-refractivity contribution in [3.05, 3.63) is 56.6 Å². The van der Waals surface area contributed by atoms with Crippen molar-refractivity contribution in [2.45, 2.75) is 64.6 Å². The van der Waals surface area contributed by atoms with Crippen molar-refractivity contribution in [3.63, 3.8) is 0 Å². The fraction of sp³-hybridized carbons (Fsp3) is 0.520. The van der Waals surface area contributed by atoms with Gasteiger partial charge in [-0.3, -0.25) is 0 Å². The Morgan fingerprint density at radius 1 is 1.07 bits per heavy atom. The standard InChI is InChI=1S/C25H33ClINO2/c1-19(2)29-24-12-9-22(27)18-20(24)6-4-5-15-28-16-13-25(3,14-17-28)30-23-10-7-21(26)8-11-23/h7-12,18-19H,4-6,13-17H2,1-3H3. The number of unbranched alkanes of at least 4 members (excludes halogenated alkanes) is 1.